The topological polar surface area (TPSA) is 120 Å². The Kier molecular flexibility index (Phi) is 4.53. The molecule has 152 valence electrons. The van der Waals surface area contributed by atoms with Gasteiger partial charge < -0.3 is 4.52 Å². The van der Waals surface area contributed by atoms with Gasteiger partial charge in [-0.15, -0.1) is 0 Å². The molecule has 9 nitrogen and oxygen atoms in total. The monoisotopic (exact) mass is 414 g/mol. The summed E-state index contributed by atoms with van der Waals surface area (Å²) in [7, 11) is 0. The van der Waals surface area contributed by atoms with Crippen molar-refractivity contribution in [3.63, 3.8) is 0 Å². The van der Waals surface area contributed by atoms with Gasteiger partial charge in [0.15, 0.2) is 11.5 Å². The number of nitrogens with one attached hydrogen (secondary N) is 1. The molecule has 2 aliphatic rings. The van der Waals surface area contributed by atoms with Crippen molar-refractivity contribution in [1.82, 2.24) is 29.7 Å². The number of rotatable bonds is 7. The summed E-state index contributed by atoms with van der Waals surface area (Å²) >= 11 is 1.37. The summed E-state index contributed by atoms with van der Waals surface area (Å²) in [6.07, 6.45) is 4.67. The number of hydrogen-bond acceptors (Lipinski definition) is 8. The number of fused-ring (bicyclic) bond motifs is 1. The second kappa shape index (κ2) is 7.08. The van der Waals surface area contributed by atoms with Crippen LogP contribution in [-0.2, 0) is 12.2 Å². The van der Waals surface area contributed by atoms with Crippen LogP contribution in [0.5, 0.6) is 0 Å². The fraction of sp³-hybridized carbons (Fsp3) is 0.579. The molecule has 2 aliphatic carbocycles. The van der Waals surface area contributed by atoms with E-state index in [0.29, 0.717) is 51.2 Å². The smallest absolute Gasteiger partial charge is 0.330 e. The fourth-order valence-corrected chi connectivity index (χ4v) is 4.22. The van der Waals surface area contributed by atoms with Gasteiger partial charge in [-0.1, -0.05) is 30.8 Å². The molecular formula is C19H22N6O3S. The average Bonchev–Trinajstić information content (AvgIpc) is 3.58. The van der Waals surface area contributed by atoms with Crippen LogP contribution in [0.4, 0.5) is 0 Å². The molecule has 0 atom stereocenters. The lowest BCUT2D eigenvalue weighted by Gasteiger charge is -2.11. The molecule has 5 rings (SSSR count). The molecule has 3 heterocycles. The zero-order valence-electron chi connectivity index (χ0n) is 16.3. The molecule has 0 aromatic carbocycles. The molecule has 0 spiro atoms. The van der Waals surface area contributed by atoms with E-state index in [1.54, 1.807) is 4.57 Å². The van der Waals surface area contributed by atoms with E-state index in [0.717, 1.165) is 32.1 Å². The maximum absolute atomic E-state index is 12.6. The van der Waals surface area contributed by atoms with E-state index >= 15 is 0 Å². The Morgan fingerprint density at radius 3 is 2.66 bits per heavy atom. The quantitative estimate of drug-likeness (QED) is 0.463. The van der Waals surface area contributed by atoms with Crippen LogP contribution in [0.15, 0.2) is 19.1 Å². The largest absolute Gasteiger partial charge is 0.338 e. The fourth-order valence-electron chi connectivity index (χ4n) is 3.36. The van der Waals surface area contributed by atoms with Crippen LogP contribution in [0.1, 0.15) is 69.0 Å². The molecule has 0 amide bonds. The molecule has 3 aromatic rings. The van der Waals surface area contributed by atoms with Gasteiger partial charge in [0.1, 0.15) is 16.2 Å². The first-order chi connectivity index (χ1) is 14.0. The summed E-state index contributed by atoms with van der Waals surface area (Å²) in [5.74, 6) is 3.05. The zero-order valence-corrected chi connectivity index (χ0v) is 17.2. The minimum Gasteiger partial charge on any atom is -0.338 e. The molecule has 0 bridgehead atoms. The van der Waals surface area contributed by atoms with E-state index < -0.39 is 11.2 Å². The predicted octanol–water partition coefficient (Wildman–Crippen LogP) is 2.57. The minimum atomic E-state index is -0.447. The van der Waals surface area contributed by atoms with Crippen molar-refractivity contribution in [1.29, 1.82) is 0 Å². The molecule has 29 heavy (non-hydrogen) atoms. The lowest BCUT2D eigenvalue weighted by molar-refractivity contribution is 0.382. The summed E-state index contributed by atoms with van der Waals surface area (Å²) in [5, 5.41) is 4.95. The van der Waals surface area contributed by atoms with Gasteiger partial charge in [-0.2, -0.15) is 4.98 Å². The van der Waals surface area contributed by atoms with Crippen molar-refractivity contribution in [2.24, 2.45) is 5.92 Å². The summed E-state index contributed by atoms with van der Waals surface area (Å²) in [6, 6.07) is 0.108. The van der Waals surface area contributed by atoms with Gasteiger partial charge in [-0.25, -0.2) is 14.8 Å². The van der Waals surface area contributed by atoms with Crippen LogP contribution in [-0.4, -0.2) is 29.7 Å². The molecule has 3 aromatic heterocycles. The second-order valence-corrected chi connectivity index (χ2v) is 9.18. The second-order valence-electron chi connectivity index (χ2n) is 8.21. The third-order valence-corrected chi connectivity index (χ3v) is 6.02. The predicted molar refractivity (Wildman–Crippen MR) is 107 cm³/mol. The van der Waals surface area contributed by atoms with E-state index in [4.69, 9.17) is 4.52 Å². The Hall–Kier alpha value is -2.49. The average molecular weight is 414 g/mol. The van der Waals surface area contributed by atoms with E-state index in [1.165, 1.54) is 11.8 Å². The first-order valence-corrected chi connectivity index (χ1v) is 11.0. The van der Waals surface area contributed by atoms with Crippen LogP contribution in [0.3, 0.4) is 0 Å². The van der Waals surface area contributed by atoms with Crippen LogP contribution >= 0.6 is 11.8 Å². The highest BCUT2D eigenvalue weighted by atomic mass is 32.2. The van der Waals surface area contributed by atoms with Gasteiger partial charge in [0.05, 0.1) is 5.75 Å². The number of hydrogen-bond donors (Lipinski definition) is 1. The van der Waals surface area contributed by atoms with Gasteiger partial charge in [0.2, 0.25) is 5.89 Å². The van der Waals surface area contributed by atoms with Crippen molar-refractivity contribution < 1.29 is 4.52 Å². The summed E-state index contributed by atoms with van der Waals surface area (Å²) in [6.45, 7) is 4.20. The SMILES string of the molecule is CC(C)Cc1noc(CSc2nc(C3CC3)nc3c2c(=O)[nH]c(=O)n3C2CC2)n1. The van der Waals surface area contributed by atoms with Crippen molar-refractivity contribution in [3.05, 3.63) is 38.4 Å². The van der Waals surface area contributed by atoms with Crippen LogP contribution in [0.25, 0.3) is 11.0 Å². The Morgan fingerprint density at radius 1 is 1.17 bits per heavy atom. The third-order valence-electron chi connectivity index (χ3n) is 5.06. The lowest BCUT2D eigenvalue weighted by Crippen LogP contribution is -2.31. The first kappa shape index (κ1) is 18.5. The van der Waals surface area contributed by atoms with Gasteiger partial charge >= 0.3 is 5.69 Å². The normalized spacial score (nSPS) is 16.8. The Morgan fingerprint density at radius 2 is 1.97 bits per heavy atom. The Labute approximate surface area is 170 Å². The summed E-state index contributed by atoms with van der Waals surface area (Å²) < 4.78 is 6.97. The van der Waals surface area contributed by atoms with E-state index in [1.807, 2.05) is 0 Å². The van der Waals surface area contributed by atoms with Crippen molar-refractivity contribution >= 4 is 22.8 Å². The molecule has 0 aliphatic heterocycles. The Balaban J connectivity index is 1.54. The summed E-state index contributed by atoms with van der Waals surface area (Å²) in [4.78, 5) is 41.2. The van der Waals surface area contributed by atoms with Gasteiger partial charge in [-0.3, -0.25) is 14.3 Å². The molecule has 0 radical (unpaired) electrons. The highest BCUT2D eigenvalue weighted by Gasteiger charge is 2.32. The molecule has 2 fully saturated rings. The van der Waals surface area contributed by atoms with Gasteiger partial charge in [-0.05, 0) is 31.6 Å². The molecule has 10 heteroatoms. The molecule has 0 unspecified atom stereocenters. The van der Waals surface area contributed by atoms with Crippen molar-refractivity contribution in [2.75, 3.05) is 0 Å². The summed E-state index contributed by atoms with van der Waals surface area (Å²) in [5.41, 5.74) is -0.388. The Bertz CT molecular complexity index is 1190. The first-order valence-electron chi connectivity index (χ1n) is 10.0. The zero-order chi connectivity index (χ0) is 20.1. The molecule has 2 saturated carbocycles. The van der Waals surface area contributed by atoms with Gasteiger partial charge in [0, 0.05) is 18.4 Å². The number of aromatic nitrogens is 6. The maximum atomic E-state index is 12.6. The van der Waals surface area contributed by atoms with E-state index in [9.17, 15) is 9.59 Å². The highest BCUT2D eigenvalue weighted by Crippen LogP contribution is 2.41. The third kappa shape index (κ3) is 3.73. The lowest BCUT2D eigenvalue weighted by atomic mass is 10.1. The number of aromatic amines is 1. The molecule has 1 N–H and O–H groups in total. The minimum absolute atomic E-state index is 0.108. The van der Waals surface area contributed by atoms with Crippen molar-refractivity contribution in [2.45, 2.75) is 68.7 Å². The highest BCUT2D eigenvalue weighted by molar-refractivity contribution is 7.98. The number of nitrogens with zero attached hydrogens (tertiary/aromatic N) is 5. The molecule has 0 saturated heterocycles. The maximum Gasteiger partial charge on any atom is 0.330 e. The van der Waals surface area contributed by atoms with Crippen LogP contribution in [0.2, 0.25) is 0 Å². The van der Waals surface area contributed by atoms with Crippen LogP contribution < -0.4 is 11.2 Å². The number of thioether (sulfide) groups is 1. The van der Waals surface area contributed by atoms with E-state index in [2.05, 4.69) is 38.9 Å². The van der Waals surface area contributed by atoms with Gasteiger partial charge in [0.25, 0.3) is 5.56 Å². The van der Waals surface area contributed by atoms with E-state index in [-0.39, 0.29) is 6.04 Å². The number of H-pyrrole nitrogens is 1. The molecular weight excluding hydrogens is 392 g/mol. The van der Waals surface area contributed by atoms with Crippen LogP contribution in [0, 0.1) is 5.92 Å². The van der Waals surface area contributed by atoms with Crippen molar-refractivity contribution in [3.8, 4) is 0 Å². The standard InChI is InChI=1S/C19H22N6O3S/c1-9(2)7-12-20-13(28-24-12)8-29-18-14-16(21-15(22-18)10-3-4-10)25(11-5-6-11)19(27)23-17(14)26/h9-11H,3-8H2,1-2H3,(H,23,26,27).